The van der Waals surface area contributed by atoms with Crippen LogP contribution in [-0.4, -0.2) is 25.3 Å². The molecule has 0 amide bonds. The van der Waals surface area contributed by atoms with E-state index in [1.54, 1.807) is 0 Å². The Kier molecular flexibility index (Phi) is 44.8. The van der Waals surface area contributed by atoms with Gasteiger partial charge in [-0.2, -0.15) is 0 Å². The molecule has 0 aliphatic rings. The highest BCUT2D eigenvalue weighted by molar-refractivity contribution is 5.63. The normalized spacial score (nSPS) is 6.50. The largest absolute Gasteiger partial charge is 0.400 e. The Morgan fingerprint density at radius 1 is 0.808 bits per heavy atom. The molecule has 2 aromatic carbocycles. The van der Waals surface area contributed by atoms with Crippen molar-refractivity contribution in [3.05, 3.63) is 86.0 Å². The number of hydrogen-bond donors (Lipinski definition) is 1. The number of allylic oxidation sites excluding steroid dienone is 1. The van der Waals surface area contributed by atoms with E-state index in [2.05, 4.69) is 75.2 Å². The van der Waals surface area contributed by atoms with Gasteiger partial charge in [0.1, 0.15) is 13.1 Å². The molecule has 3 nitrogen and oxygen atoms in total. The number of carbonyl (C=O) groups is 2. The summed E-state index contributed by atoms with van der Waals surface area (Å²) in [6, 6.07) is 19.0. The van der Waals surface area contributed by atoms with Crippen LogP contribution in [0, 0.1) is 6.92 Å². The van der Waals surface area contributed by atoms with Crippen LogP contribution < -0.4 is 0 Å². The first-order valence-corrected chi connectivity index (χ1v) is 7.70. The molecular formula is C23H36O3. The maximum absolute atomic E-state index is 9.06. The summed E-state index contributed by atoms with van der Waals surface area (Å²) in [5.41, 5.74) is 3.87. The minimum atomic E-state index is 0. The molecule has 0 bridgehead atoms. The van der Waals surface area contributed by atoms with Gasteiger partial charge >= 0.3 is 0 Å². The van der Waals surface area contributed by atoms with Gasteiger partial charge in [0.05, 0.1) is 0 Å². The van der Waals surface area contributed by atoms with Gasteiger partial charge in [-0.25, -0.2) is 0 Å². The Balaban J connectivity index is -0.0000000966. The van der Waals surface area contributed by atoms with Gasteiger partial charge in [0.2, 0.25) is 0 Å². The maximum atomic E-state index is 9.06. The van der Waals surface area contributed by atoms with Crippen LogP contribution in [0.25, 0.3) is 11.1 Å². The average Bonchev–Trinajstić information content (AvgIpc) is 2.75. The van der Waals surface area contributed by atoms with E-state index in [1.807, 2.05) is 26.7 Å². The number of aliphatic hydroxyl groups excluding tert-OH is 1. The van der Waals surface area contributed by atoms with Crippen molar-refractivity contribution in [2.24, 2.45) is 0 Å². The van der Waals surface area contributed by atoms with Crippen molar-refractivity contribution in [3.8, 4) is 11.1 Å². The molecule has 2 rings (SSSR count). The highest BCUT2D eigenvalue weighted by Gasteiger charge is 1.93. The summed E-state index contributed by atoms with van der Waals surface area (Å²) in [5.74, 6) is 0. The van der Waals surface area contributed by atoms with Crippen molar-refractivity contribution in [3.63, 3.8) is 0 Å². The molecule has 2 aromatic rings. The lowest BCUT2D eigenvalue weighted by atomic mass is 10.0. The van der Waals surface area contributed by atoms with Crippen molar-refractivity contribution < 1.29 is 14.7 Å². The van der Waals surface area contributed by atoms with E-state index in [9.17, 15) is 0 Å². The summed E-state index contributed by atoms with van der Waals surface area (Å²) >= 11 is 0. The highest BCUT2D eigenvalue weighted by atomic mass is 16.2. The van der Waals surface area contributed by atoms with Gasteiger partial charge in [-0.05, 0) is 24.1 Å². The van der Waals surface area contributed by atoms with Gasteiger partial charge in [-0.1, -0.05) is 88.0 Å². The van der Waals surface area contributed by atoms with Crippen molar-refractivity contribution in [1.29, 1.82) is 0 Å². The second-order valence-corrected chi connectivity index (χ2v) is 3.60. The fourth-order valence-corrected chi connectivity index (χ4v) is 1.38. The lowest BCUT2D eigenvalue weighted by Crippen LogP contribution is -1.76. The van der Waals surface area contributed by atoms with Crippen molar-refractivity contribution >= 4 is 13.1 Å². The number of benzene rings is 2. The Morgan fingerprint density at radius 2 is 1.12 bits per heavy atom. The Bertz CT molecular complexity index is 483. The van der Waals surface area contributed by atoms with Crippen LogP contribution >= 0.6 is 0 Å². The Morgan fingerprint density at radius 3 is 1.42 bits per heavy atom. The third-order valence-corrected chi connectivity index (χ3v) is 2.25. The molecule has 1 N–H and O–H groups in total. The fraction of sp³-hybridized carbons (Fsp3) is 0.217. The zero-order valence-electron chi connectivity index (χ0n) is 15.9. The average molecular weight is 361 g/mol. The molecule has 3 heteroatoms. The van der Waals surface area contributed by atoms with Crippen molar-refractivity contribution in [2.45, 2.75) is 28.2 Å². The standard InChI is InChI=1S/C13H12.C3H4O.C2H6.C2H4.CH4O.CH2O.CH4/c1-11-7-9-13(10-8-11)12-5-3-2-4-6-12;1-2-3-4;4*1-2;/h2-10H,1H3;2-3H,1H2;1-2H3;1-2H2;2H,1H3;1H2;1H4. The molecule has 0 saturated heterocycles. The topological polar surface area (TPSA) is 54.4 Å². The number of aryl methyl sites for hydroxylation is 1. The van der Waals surface area contributed by atoms with E-state index in [1.165, 1.54) is 22.8 Å². The minimum absolute atomic E-state index is 0. The van der Waals surface area contributed by atoms with E-state index >= 15 is 0 Å². The quantitative estimate of drug-likeness (QED) is 0.411. The van der Waals surface area contributed by atoms with Crippen molar-refractivity contribution in [2.75, 3.05) is 7.11 Å². The van der Waals surface area contributed by atoms with E-state index in [4.69, 9.17) is 14.7 Å². The molecule has 0 aromatic heterocycles. The SMILES string of the molecule is C.C=C.C=CC=O.C=O.CC.CO.Cc1ccc(-c2ccccc2)cc1. The summed E-state index contributed by atoms with van der Waals surface area (Å²) in [6.07, 6.45) is 1.83. The lowest BCUT2D eigenvalue weighted by Gasteiger charge is -2.00. The summed E-state index contributed by atoms with van der Waals surface area (Å²) in [6.45, 7) is 17.2. The number of rotatable bonds is 2. The number of hydrogen-bond acceptors (Lipinski definition) is 3. The summed E-state index contributed by atoms with van der Waals surface area (Å²) in [4.78, 5) is 17.1. The monoisotopic (exact) mass is 360 g/mol. The lowest BCUT2D eigenvalue weighted by molar-refractivity contribution is -0.104. The first kappa shape index (κ1) is 34.5. The maximum Gasteiger partial charge on any atom is 0.142 e. The molecule has 0 heterocycles. The molecule has 0 fully saturated rings. The molecule has 0 radical (unpaired) electrons. The van der Waals surface area contributed by atoms with Gasteiger partial charge < -0.3 is 9.90 Å². The molecule has 0 saturated carbocycles. The van der Waals surface area contributed by atoms with Gasteiger partial charge in [0.25, 0.3) is 0 Å². The second kappa shape index (κ2) is 33.7. The number of aldehydes is 1. The van der Waals surface area contributed by atoms with Gasteiger partial charge in [0.15, 0.2) is 0 Å². The van der Waals surface area contributed by atoms with E-state index in [0.717, 1.165) is 7.11 Å². The minimum Gasteiger partial charge on any atom is -0.400 e. The summed E-state index contributed by atoms with van der Waals surface area (Å²) in [5, 5.41) is 7.00. The number of carbonyl (C=O) groups excluding carboxylic acids is 2. The summed E-state index contributed by atoms with van der Waals surface area (Å²) in [7, 11) is 1.00. The van der Waals surface area contributed by atoms with Crippen LogP contribution in [0.15, 0.2) is 80.4 Å². The first-order chi connectivity index (χ1) is 12.3. The molecule has 0 spiro atoms. The molecule has 0 aliphatic heterocycles. The predicted octanol–water partition coefficient (Wildman–Crippen LogP) is 5.92. The molecule has 0 aliphatic carbocycles. The van der Waals surface area contributed by atoms with Crippen molar-refractivity contribution in [1.82, 2.24) is 0 Å². The Labute approximate surface area is 160 Å². The predicted molar refractivity (Wildman–Crippen MR) is 117 cm³/mol. The van der Waals surface area contributed by atoms with E-state index in [-0.39, 0.29) is 7.43 Å². The van der Waals surface area contributed by atoms with E-state index < -0.39 is 0 Å². The second-order valence-electron chi connectivity index (χ2n) is 3.60. The summed E-state index contributed by atoms with van der Waals surface area (Å²) < 4.78 is 0. The first-order valence-electron chi connectivity index (χ1n) is 7.70. The van der Waals surface area contributed by atoms with Crippen LogP contribution in [0.5, 0.6) is 0 Å². The van der Waals surface area contributed by atoms with Gasteiger partial charge in [-0.15, -0.1) is 13.2 Å². The van der Waals surface area contributed by atoms with Gasteiger partial charge in [-0.3, -0.25) is 4.79 Å². The van der Waals surface area contributed by atoms with Gasteiger partial charge in [0, 0.05) is 7.11 Å². The zero-order chi connectivity index (χ0) is 20.5. The fourth-order valence-electron chi connectivity index (χ4n) is 1.38. The third-order valence-electron chi connectivity index (χ3n) is 2.25. The highest BCUT2D eigenvalue weighted by Crippen LogP contribution is 2.18. The van der Waals surface area contributed by atoms with Crippen LogP contribution in [0.1, 0.15) is 26.8 Å². The van der Waals surface area contributed by atoms with Crippen LogP contribution in [0.3, 0.4) is 0 Å². The molecule has 26 heavy (non-hydrogen) atoms. The molecular weight excluding hydrogens is 324 g/mol. The van der Waals surface area contributed by atoms with Crippen LogP contribution in [0.4, 0.5) is 0 Å². The molecule has 0 atom stereocenters. The van der Waals surface area contributed by atoms with Crippen LogP contribution in [-0.2, 0) is 9.59 Å². The zero-order valence-corrected chi connectivity index (χ0v) is 15.9. The number of aliphatic hydroxyl groups is 1. The molecule has 0 unspecified atom stereocenters. The molecule has 146 valence electrons. The Hall–Kier alpha value is -2.78. The third kappa shape index (κ3) is 21.2. The van der Waals surface area contributed by atoms with Crippen LogP contribution in [0.2, 0.25) is 0 Å². The smallest absolute Gasteiger partial charge is 0.142 e. The van der Waals surface area contributed by atoms with E-state index in [0.29, 0.717) is 6.29 Å².